The molecule has 2 atom stereocenters. The lowest BCUT2D eigenvalue weighted by atomic mass is 9.98. The van der Waals surface area contributed by atoms with Crippen molar-refractivity contribution in [1.82, 2.24) is 29.8 Å². The molecule has 4 aromatic rings. The molecule has 0 saturated heterocycles. The fourth-order valence-electron chi connectivity index (χ4n) is 4.64. The average molecular weight is 608 g/mol. The van der Waals surface area contributed by atoms with E-state index in [4.69, 9.17) is 53.8 Å². The van der Waals surface area contributed by atoms with Gasteiger partial charge in [-0.25, -0.2) is 4.98 Å². The van der Waals surface area contributed by atoms with Crippen LogP contribution in [0.3, 0.4) is 0 Å². The van der Waals surface area contributed by atoms with E-state index in [1.165, 1.54) is 4.80 Å². The van der Waals surface area contributed by atoms with Crippen LogP contribution in [0, 0.1) is 0 Å². The lowest BCUT2D eigenvalue weighted by Gasteiger charge is -2.25. The minimum Gasteiger partial charge on any atom is -0.493 e. The highest BCUT2D eigenvalue weighted by Crippen LogP contribution is 2.47. The van der Waals surface area contributed by atoms with Gasteiger partial charge in [0.2, 0.25) is 0 Å². The second-order valence-corrected chi connectivity index (χ2v) is 9.90. The van der Waals surface area contributed by atoms with Crippen molar-refractivity contribution in [2.75, 3.05) is 20.8 Å². The molecule has 0 amide bonds. The molecule has 5 rings (SSSR count). The first-order valence-corrected chi connectivity index (χ1v) is 13.5. The van der Waals surface area contributed by atoms with Crippen LogP contribution < -0.4 is 9.47 Å². The second kappa shape index (κ2) is 12.0. The molecule has 0 saturated carbocycles. The third kappa shape index (κ3) is 5.46. The molecule has 0 unspecified atom stereocenters. The van der Waals surface area contributed by atoms with Crippen molar-refractivity contribution >= 4 is 40.8 Å². The Kier molecular flexibility index (Phi) is 8.46. The fourth-order valence-corrected chi connectivity index (χ4v) is 5.22. The summed E-state index contributed by atoms with van der Waals surface area (Å²) in [6, 6.07) is 11.0. The Hall–Kier alpha value is -3.38. The number of tetrazole rings is 1. The van der Waals surface area contributed by atoms with Gasteiger partial charge in [0.1, 0.15) is 24.5 Å². The van der Waals surface area contributed by atoms with Gasteiger partial charge in [-0.15, -0.1) is 10.2 Å². The van der Waals surface area contributed by atoms with Gasteiger partial charge in [0.15, 0.2) is 27.6 Å². The molecule has 0 fully saturated rings. The average Bonchev–Trinajstić information content (AvgIpc) is 3.47. The van der Waals surface area contributed by atoms with Crippen LogP contribution in [0.25, 0.3) is 5.69 Å². The van der Waals surface area contributed by atoms with E-state index in [1.54, 1.807) is 37.8 Å². The van der Waals surface area contributed by atoms with Gasteiger partial charge in [0, 0.05) is 22.6 Å². The van der Waals surface area contributed by atoms with Gasteiger partial charge in [-0.1, -0.05) is 46.9 Å². The minimum absolute atomic E-state index is 0.0723. The third-order valence-corrected chi connectivity index (χ3v) is 7.26. The zero-order valence-electron chi connectivity index (χ0n) is 21.8. The summed E-state index contributed by atoms with van der Waals surface area (Å²) >= 11 is 19.6. The standard InChI is InChI=1S/C26H25Cl3N6O5/c1-4-39-21(36)13-20-31-33-34(32-20)11-10-19-26-30-24(28)25(29)35(26)17-9-8-14(27)12-16(17)22(40-19)15-6-5-7-18(37-2)23(15)38-3/h5-9,12,19,22H,4,10-11,13H2,1-3H3/t19-,22-/m1/s1. The number of methoxy groups -OCH3 is 2. The highest BCUT2D eigenvalue weighted by atomic mass is 35.5. The van der Waals surface area contributed by atoms with Gasteiger partial charge >= 0.3 is 5.97 Å². The predicted octanol–water partition coefficient (Wildman–Crippen LogP) is 5.19. The Morgan fingerprint density at radius 2 is 1.93 bits per heavy atom. The van der Waals surface area contributed by atoms with Crippen LogP contribution >= 0.6 is 34.8 Å². The van der Waals surface area contributed by atoms with Crippen LogP contribution in [0.5, 0.6) is 11.5 Å². The highest BCUT2D eigenvalue weighted by Gasteiger charge is 2.36. The summed E-state index contributed by atoms with van der Waals surface area (Å²) in [6.45, 7) is 2.30. The van der Waals surface area contributed by atoms with Crippen molar-refractivity contribution in [2.24, 2.45) is 0 Å². The molecule has 14 heteroatoms. The summed E-state index contributed by atoms with van der Waals surface area (Å²) in [7, 11) is 3.14. The molecule has 210 valence electrons. The summed E-state index contributed by atoms with van der Waals surface area (Å²) in [5, 5.41) is 13.2. The van der Waals surface area contributed by atoms with E-state index in [-0.39, 0.29) is 29.2 Å². The number of fused-ring (bicyclic) bond motifs is 3. The van der Waals surface area contributed by atoms with Crippen LogP contribution in [0.1, 0.15) is 48.3 Å². The van der Waals surface area contributed by atoms with Crippen LogP contribution in [0.15, 0.2) is 36.4 Å². The molecule has 0 N–H and O–H groups in total. The predicted molar refractivity (Wildman–Crippen MR) is 147 cm³/mol. The Morgan fingerprint density at radius 1 is 1.10 bits per heavy atom. The van der Waals surface area contributed by atoms with Crippen molar-refractivity contribution in [3.05, 3.63) is 74.5 Å². The summed E-state index contributed by atoms with van der Waals surface area (Å²) in [4.78, 5) is 17.8. The van der Waals surface area contributed by atoms with Crippen molar-refractivity contribution in [2.45, 2.75) is 38.5 Å². The molecule has 1 aliphatic heterocycles. The van der Waals surface area contributed by atoms with Gasteiger partial charge in [-0.3, -0.25) is 9.36 Å². The Bertz CT molecular complexity index is 1540. The molecule has 2 aromatic heterocycles. The minimum atomic E-state index is -0.650. The summed E-state index contributed by atoms with van der Waals surface area (Å²) in [6.07, 6.45) is -0.986. The van der Waals surface area contributed by atoms with Crippen LogP contribution in [-0.4, -0.2) is 56.6 Å². The summed E-state index contributed by atoms with van der Waals surface area (Å²) < 4.78 is 24.8. The number of halogens is 3. The second-order valence-electron chi connectivity index (χ2n) is 8.75. The van der Waals surface area contributed by atoms with E-state index in [2.05, 4.69) is 20.4 Å². The molecule has 11 nitrogen and oxygen atoms in total. The summed E-state index contributed by atoms with van der Waals surface area (Å²) in [5.41, 5.74) is 2.16. The van der Waals surface area contributed by atoms with Crippen LogP contribution in [0.2, 0.25) is 15.3 Å². The van der Waals surface area contributed by atoms with E-state index in [0.717, 1.165) is 11.1 Å². The first-order valence-electron chi connectivity index (χ1n) is 12.4. The van der Waals surface area contributed by atoms with E-state index in [0.29, 0.717) is 41.0 Å². The maximum Gasteiger partial charge on any atom is 0.313 e. The number of aromatic nitrogens is 6. The molecular formula is C26H25Cl3N6O5. The van der Waals surface area contributed by atoms with E-state index < -0.39 is 18.2 Å². The Morgan fingerprint density at radius 3 is 2.67 bits per heavy atom. The zero-order chi connectivity index (χ0) is 28.4. The fraction of sp³-hybridized carbons (Fsp3) is 0.346. The maximum absolute atomic E-state index is 11.8. The van der Waals surface area contributed by atoms with Gasteiger partial charge in [0.05, 0.1) is 33.1 Å². The zero-order valence-corrected chi connectivity index (χ0v) is 24.1. The number of nitrogens with zero attached hydrogens (tertiary/aromatic N) is 6. The topological polar surface area (TPSA) is 115 Å². The van der Waals surface area contributed by atoms with Crippen LogP contribution in [0.4, 0.5) is 0 Å². The molecular weight excluding hydrogens is 583 g/mol. The van der Waals surface area contributed by atoms with Gasteiger partial charge in [-0.05, 0) is 36.4 Å². The lowest BCUT2D eigenvalue weighted by molar-refractivity contribution is -0.142. The normalized spacial score (nSPS) is 16.1. The number of esters is 1. The third-order valence-electron chi connectivity index (χ3n) is 6.32. The Labute approximate surface area is 244 Å². The number of hydrogen-bond acceptors (Lipinski definition) is 9. The number of hydrogen-bond donors (Lipinski definition) is 0. The molecule has 0 aliphatic carbocycles. The number of para-hydroxylation sites is 1. The molecule has 2 aromatic carbocycles. The van der Waals surface area contributed by atoms with Crippen molar-refractivity contribution in [3.63, 3.8) is 0 Å². The number of ether oxygens (including phenoxy) is 4. The molecule has 0 bridgehead atoms. The molecule has 3 heterocycles. The maximum atomic E-state index is 11.8. The van der Waals surface area contributed by atoms with Crippen molar-refractivity contribution in [3.8, 4) is 17.2 Å². The SMILES string of the molecule is CCOC(=O)Cc1nnn(CC[C@H]2O[C@H](c3cccc(OC)c3OC)c3cc(Cl)ccc3-n3c2nc(Cl)c3Cl)n1. The molecule has 0 radical (unpaired) electrons. The van der Waals surface area contributed by atoms with Crippen LogP contribution in [-0.2, 0) is 27.2 Å². The number of imidazole rings is 1. The molecule has 0 spiro atoms. The van der Waals surface area contributed by atoms with E-state index in [9.17, 15) is 4.79 Å². The highest BCUT2D eigenvalue weighted by molar-refractivity contribution is 6.40. The molecule has 1 aliphatic rings. The Balaban J connectivity index is 1.55. The van der Waals surface area contributed by atoms with Crippen molar-refractivity contribution in [1.29, 1.82) is 0 Å². The van der Waals surface area contributed by atoms with Gasteiger partial charge < -0.3 is 18.9 Å². The number of aryl methyl sites for hydroxylation is 1. The molecule has 40 heavy (non-hydrogen) atoms. The lowest BCUT2D eigenvalue weighted by Crippen LogP contribution is -2.16. The van der Waals surface area contributed by atoms with Crippen molar-refractivity contribution < 1.29 is 23.7 Å². The smallest absolute Gasteiger partial charge is 0.313 e. The van der Waals surface area contributed by atoms with E-state index >= 15 is 0 Å². The summed E-state index contributed by atoms with van der Waals surface area (Å²) in [5.74, 6) is 1.40. The largest absolute Gasteiger partial charge is 0.493 e. The number of benzene rings is 2. The van der Waals surface area contributed by atoms with Gasteiger partial charge in [0.25, 0.3) is 0 Å². The first kappa shape index (κ1) is 28.2. The first-order chi connectivity index (χ1) is 19.3. The number of rotatable bonds is 9. The monoisotopic (exact) mass is 606 g/mol. The van der Waals surface area contributed by atoms with Gasteiger partial charge in [-0.2, -0.15) is 4.80 Å². The quantitative estimate of drug-likeness (QED) is 0.237. The number of carbonyl (C=O) groups is 1. The number of carbonyl (C=O) groups excluding carboxylic acids is 1. The van der Waals surface area contributed by atoms with E-state index in [1.807, 2.05) is 24.3 Å².